The molecule has 96 valence electrons. The SMILES string of the molecule is CCS(=O)CCn1c(-c2cccnc2)n[nH]c1=S. The van der Waals surface area contributed by atoms with Gasteiger partial charge in [-0.25, -0.2) is 0 Å². The number of aromatic amines is 1. The number of aromatic nitrogens is 4. The van der Waals surface area contributed by atoms with Gasteiger partial charge in [0, 0.05) is 46.8 Å². The molecule has 0 radical (unpaired) electrons. The number of hydrogen-bond donors (Lipinski definition) is 1. The highest BCUT2D eigenvalue weighted by Crippen LogP contribution is 2.15. The zero-order valence-corrected chi connectivity index (χ0v) is 11.6. The van der Waals surface area contributed by atoms with Crippen LogP contribution in [0.25, 0.3) is 11.4 Å². The average Bonchev–Trinajstić information content (AvgIpc) is 2.78. The molecule has 2 aromatic heterocycles. The van der Waals surface area contributed by atoms with Crippen LogP contribution in [0.3, 0.4) is 0 Å². The Bertz CT molecular complexity index is 591. The number of H-pyrrole nitrogens is 1. The van der Waals surface area contributed by atoms with Gasteiger partial charge in [0.15, 0.2) is 10.6 Å². The van der Waals surface area contributed by atoms with Gasteiger partial charge in [0.25, 0.3) is 0 Å². The second-order valence-electron chi connectivity index (χ2n) is 3.68. The molecular formula is C11H14N4OS2. The Kier molecular flexibility index (Phi) is 4.38. The number of rotatable bonds is 5. The predicted octanol–water partition coefficient (Wildman–Crippen LogP) is 1.77. The fourth-order valence-corrected chi connectivity index (χ4v) is 2.48. The lowest BCUT2D eigenvalue weighted by Gasteiger charge is -2.05. The molecule has 0 spiro atoms. The third-order valence-electron chi connectivity index (χ3n) is 2.54. The normalized spacial score (nSPS) is 12.5. The van der Waals surface area contributed by atoms with E-state index in [1.165, 1.54) is 0 Å². The van der Waals surface area contributed by atoms with Crippen molar-refractivity contribution in [1.82, 2.24) is 19.7 Å². The van der Waals surface area contributed by atoms with Crippen LogP contribution >= 0.6 is 12.2 Å². The number of pyridine rings is 1. The molecule has 1 unspecified atom stereocenters. The van der Waals surface area contributed by atoms with Gasteiger partial charge in [-0.2, -0.15) is 5.10 Å². The van der Waals surface area contributed by atoms with Crippen molar-refractivity contribution in [2.75, 3.05) is 11.5 Å². The molecule has 0 aliphatic rings. The molecule has 5 nitrogen and oxygen atoms in total. The van der Waals surface area contributed by atoms with Gasteiger partial charge in [-0.05, 0) is 24.4 Å². The zero-order chi connectivity index (χ0) is 13.0. The Labute approximate surface area is 113 Å². The van der Waals surface area contributed by atoms with Crippen molar-refractivity contribution in [2.24, 2.45) is 0 Å². The highest BCUT2D eigenvalue weighted by atomic mass is 32.2. The van der Waals surface area contributed by atoms with Crippen LogP contribution in [0.5, 0.6) is 0 Å². The first kappa shape index (κ1) is 13.1. The summed E-state index contributed by atoms with van der Waals surface area (Å²) in [5.41, 5.74) is 0.895. The Hall–Kier alpha value is -1.34. The molecule has 1 atom stereocenters. The average molecular weight is 282 g/mol. The smallest absolute Gasteiger partial charge is 0.195 e. The molecular weight excluding hydrogens is 268 g/mol. The first-order chi connectivity index (χ1) is 8.72. The molecule has 0 aromatic carbocycles. The lowest BCUT2D eigenvalue weighted by Crippen LogP contribution is -2.10. The third-order valence-corrected chi connectivity index (χ3v) is 4.14. The maximum atomic E-state index is 11.5. The summed E-state index contributed by atoms with van der Waals surface area (Å²) in [5.74, 6) is 1.98. The van der Waals surface area contributed by atoms with E-state index in [1.807, 2.05) is 23.6 Å². The molecule has 2 rings (SSSR count). The number of nitrogens with zero attached hydrogens (tertiary/aromatic N) is 3. The minimum atomic E-state index is -0.809. The van der Waals surface area contributed by atoms with E-state index >= 15 is 0 Å². The topological polar surface area (TPSA) is 63.6 Å². The molecule has 0 fully saturated rings. The third kappa shape index (κ3) is 2.91. The first-order valence-corrected chi connectivity index (χ1v) is 7.52. The van der Waals surface area contributed by atoms with E-state index in [-0.39, 0.29) is 0 Å². The second-order valence-corrected chi connectivity index (χ2v) is 5.93. The zero-order valence-electron chi connectivity index (χ0n) is 10.00. The Morgan fingerprint density at radius 1 is 1.56 bits per heavy atom. The van der Waals surface area contributed by atoms with Crippen molar-refractivity contribution in [3.63, 3.8) is 0 Å². The monoisotopic (exact) mass is 282 g/mol. The van der Waals surface area contributed by atoms with E-state index in [9.17, 15) is 4.21 Å². The van der Waals surface area contributed by atoms with Crippen molar-refractivity contribution >= 4 is 23.0 Å². The van der Waals surface area contributed by atoms with Crippen LogP contribution in [0.1, 0.15) is 6.92 Å². The quantitative estimate of drug-likeness (QED) is 0.849. The summed E-state index contributed by atoms with van der Waals surface area (Å²) in [5, 5.41) is 6.96. The number of nitrogens with one attached hydrogen (secondary N) is 1. The molecule has 18 heavy (non-hydrogen) atoms. The van der Waals surface area contributed by atoms with E-state index in [1.54, 1.807) is 12.4 Å². The van der Waals surface area contributed by atoms with Crippen LogP contribution in [-0.4, -0.2) is 35.5 Å². The van der Waals surface area contributed by atoms with Crippen LogP contribution in [0, 0.1) is 4.77 Å². The van der Waals surface area contributed by atoms with Gasteiger partial charge in [0.05, 0.1) is 0 Å². The van der Waals surface area contributed by atoms with E-state index in [4.69, 9.17) is 12.2 Å². The Balaban J connectivity index is 2.28. The summed E-state index contributed by atoms with van der Waals surface area (Å²) in [6.45, 7) is 2.51. The van der Waals surface area contributed by atoms with Gasteiger partial charge in [-0.15, -0.1) is 0 Å². The highest BCUT2D eigenvalue weighted by molar-refractivity contribution is 7.84. The Morgan fingerprint density at radius 2 is 2.39 bits per heavy atom. The van der Waals surface area contributed by atoms with E-state index in [2.05, 4.69) is 15.2 Å². The number of hydrogen-bond acceptors (Lipinski definition) is 4. The molecule has 0 bridgehead atoms. The lowest BCUT2D eigenvalue weighted by molar-refractivity contribution is 0.673. The van der Waals surface area contributed by atoms with Crippen LogP contribution in [-0.2, 0) is 17.3 Å². The molecule has 2 heterocycles. The molecule has 7 heteroatoms. The fraction of sp³-hybridized carbons (Fsp3) is 0.364. The largest absolute Gasteiger partial charge is 0.299 e. The predicted molar refractivity (Wildman–Crippen MR) is 74.2 cm³/mol. The van der Waals surface area contributed by atoms with Crippen LogP contribution < -0.4 is 0 Å². The Morgan fingerprint density at radius 3 is 3.06 bits per heavy atom. The van der Waals surface area contributed by atoms with Gasteiger partial charge in [0.2, 0.25) is 0 Å². The van der Waals surface area contributed by atoms with Crippen molar-refractivity contribution in [3.8, 4) is 11.4 Å². The molecule has 0 saturated carbocycles. The van der Waals surface area contributed by atoms with Gasteiger partial charge < -0.3 is 0 Å². The van der Waals surface area contributed by atoms with E-state index < -0.39 is 10.8 Å². The second kappa shape index (κ2) is 6.01. The molecule has 0 amide bonds. The van der Waals surface area contributed by atoms with Crippen molar-refractivity contribution in [1.29, 1.82) is 0 Å². The summed E-state index contributed by atoms with van der Waals surface area (Å²) >= 11 is 5.19. The molecule has 2 aromatic rings. The maximum absolute atomic E-state index is 11.5. The summed E-state index contributed by atoms with van der Waals surface area (Å²) in [4.78, 5) is 4.06. The van der Waals surface area contributed by atoms with Crippen LogP contribution in [0.15, 0.2) is 24.5 Å². The van der Waals surface area contributed by atoms with Gasteiger partial charge in [-0.3, -0.25) is 18.9 Å². The van der Waals surface area contributed by atoms with Gasteiger partial charge >= 0.3 is 0 Å². The van der Waals surface area contributed by atoms with Crippen molar-refractivity contribution in [3.05, 3.63) is 29.3 Å². The molecule has 0 saturated heterocycles. The van der Waals surface area contributed by atoms with E-state index in [0.717, 1.165) is 11.4 Å². The van der Waals surface area contributed by atoms with Crippen LogP contribution in [0.2, 0.25) is 0 Å². The highest BCUT2D eigenvalue weighted by Gasteiger charge is 2.09. The minimum Gasteiger partial charge on any atom is -0.299 e. The first-order valence-electron chi connectivity index (χ1n) is 5.63. The van der Waals surface area contributed by atoms with Crippen LogP contribution in [0.4, 0.5) is 0 Å². The maximum Gasteiger partial charge on any atom is 0.195 e. The van der Waals surface area contributed by atoms with Crippen molar-refractivity contribution in [2.45, 2.75) is 13.5 Å². The fourth-order valence-electron chi connectivity index (χ4n) is 1.58. The standard InChI is InChI=1S/C11H14N4OS2/c1-2-18(16)7-6-15-10(13-14-11(15)17)9-4-3-5-12-8-9/h3-5,8H,2,6-7H2,1H3,(H,14,17). The molecule has 0 aliphatic heterocycles. The van der Waals surface area contributed by atoms with Gasteiger partial charge in [0.1, 0.15) is 0 Å². The summed E-state index contributed by atoms with van der Waals surface area (Å²) in [6.07, 6.45) is 3.44. The summed E-state index contributed by atoms with van der Waals surface area (Å²) in [7, 11) is -0.809. The van der Waals surface area contributed by atoms with E-state index in [0.29, 0.717) is 22.8 Å². The van der Waals surface area contributed by atoms with Gasteiger partial charge in [-0.1, -0.05) is 6.92 Å². The lowest BCUT2D eigenvalue weighted by atomic mass is 10.3. The molecule has 1 N–H and O–H groups in total. The minimum absolute atomic E-state index is 0.543. The summed E-state index contributed by atoms with van der Waals surface area (Å²) < 4.78 is 13.9. The molecule has 0 aliphatic carbocycles. The summed E-state index contributed by atoms with van der Waals surface area (Å²) in [6, 6.07) is 3.77. The van der Waals surface area contributed by atoms with Crippen molar-refractivity contribution < 1.29 is 4.21 Å².